The maximum absolute atomic E-state index is 3.67. The molecule has 2 heteroatoms. The highest BCUT2D eigenvalue weighted by Crippen LogP contribution is 2.29. The highest BCUT2D eigenvalue weighted by atomic mass is 15.4. The van der Waals surface area contributed by atoms with Gasteiger partial charge in [-0.3, -0.25) is 4.68 Å². The molecule has 0 radical (unpaired) electrons. The van der Waals surface area contributed by atoms with Crippen molar-refractivity contribution in [2.24, 2.45) is 11.8 Å². The molecule has 0 aromatic carbocycles. The molecule has 0 saturated heterocycles. The van der Waals surface area contributed by atoms with Crippen LogP contribution in [0.1, 0.15) is 44.5 Å². The third-order valence-corrected chi connectivity index (χ3v) is 4.18. The van der Waals surface area contributed by atoms with Gasteiger partial charge in [0.1, 0.15) is 0 Å². The third-order valence-electron chi connectivity index (χ3n) is 4.18. The Morgan fingerprint density at radius 3 is 2.25 bits per heavy atom. The molecule has 3 atom stereocenters. The molecule has 0 spiro atoms. The van der Waals surface area contributed by atoms with E-state index < -0.39 is 0 Å². The maximum atomic E-state index is 3.67. The average Bonchev–Trinajstić information content (AvgIpc) is 2.55. The first kappa shape index (κ1) is 11.6. The number of hydrogen-bond acceptors (Lipinski definition) is 1. The summed E-state index contributed by atoms with van der Waals surface area (Å²) in [6.45, 7) is 9.09. The van der Waals surface area contributed by atoms with Gasteiger partial charge in [0.2, 0.25) is 0 Å². The Morgan fingerprint density at radius 1 is 1.06 bits per heavy atom. The number of hydrogen-bond donors (Lipinski definition) is 1. The first-order valence-corrected chi connectivity index (χ1v) is 6.49. The molecule has 3 unspecified atom stereocenters. The van der Waals surface area contributed by atoms with E-state index in [0.29, 0.717) is 6.04 Å². The molecule has 1 aliphatic rings. The maximum Gasteiger partial charge on any atom is 0.0427 e. The molecule has 1 fully saturated rings. The van der Waals surface area contributed by atoms with Crippen LogP contribution in [0.2, 0.25) is 0 Å². The molecular weight excluding hydrogens is 196 g/mol. The number of nitrogens with one attached hydrogen (secondary N) is 1. The summed E-state index contributed by atoms with van der Waals surface area (Å²) in [6.07, 6.45) is 3.97. The topological polar surface area (TPSA) is 17.0 Å². The predicted octanol–water partition coefficient (Wildman–Crippen LogP) is 3.47. The second-order valence-electron chi connectivity index (χ2n) is 5.55. The van der Waals surface area contributed by atoms with Gasteiger partial charge in [-0.1, -0.05) is 13.8 Å². The highest BCUT2D eigenvalue weighted by Gasteiger charge is 2.24. The fourth-order valence-electron chi connectivity index (χ4n) is 2.72. The molecule has 0 bridgehead atoms. The summed E-state index contributed by atoms with van der Waals surface area (Å²) in [5, 5.41) is 0. The largest absolute Gasteiger partial charge is 0.323 e. The first-order chi connectivity index (χ1) is 7.58. The molecule has 2 nitrogen and oxygen atoms in total. The molecule has 1 heterocycles. The van der Waals surface area contributed by atoms with E-state index in [4.69, 9.17) is 0 Å². The lowest BCUT2D eigenvalue weighted by atomic mass is 9.79. The molecule has 1 aromatic heterocycles. The average molecular weight is 220 g/mol. The van der Waals surface area contributed by atoms with Crippen LogP contribution < -0.4 is 5.43 Å². The number of nitrogens with zero attached hydrogens (tertiary/aromatic N) is 1. The predicted molar refractivity (Wildman–Crippen MR) is 69.2 cm³/mol. The standard InChI is InChI=1S/C14H24N2/c1-10-5-8-14(9-11(10)2)15-16-12(3)6-7-13(16)4/h6-7,10-11,14-15H,5,8-9H2,1-4H3. The van der Waals surface area contributed by atoms with Crippen molar-refractivity contribution in [3.8, 4) is 0 Å². The summed E-state index contributed by atoms with van der Waals surface area (Å²) in [4.78, 5) is 0. The van der Waals surface area contributed by atoms with Gasteiger partial charge in [0.25, 0.3) is 0 Å². The molecule has 1 aliphatic carbocycles. The molecule has 16 heavy (non-hydrogen) atoms. The van der Waals surface area contributed by atoms with Gasteiger partial charge in [-0.15, -0.1) is 0 Å². The fourth-order valence-corrected chi connectivity index (χ4v) is 2.72. The van der Waals surface area contributed by atoms with E-state index >= 15 is 0 Å². The van der Waals surface area contributed by atoms with E-state index in [0.717, 1.165) is 11.8 Å². The zero-order valence-electron chi connectivity index (χ0n) is 11.0. The van der Waals surface area contributed by atoms with E-state index in [1.165, 1.54) is 30.7 Å². The molecule has 1 aromatic rings. The van der Waals surface area contributed by atoms with Crippen molar-refractivity contribution >= 4 is 0 Å². The molecule has 90 valence electrons. The SMILES string of the molecule is Cc1ccc(C)n1NC1CCC(C)C(C)C1. The van der Waals surface area contributed by atoms with Gasteiger partial charge in [-0.05, 0) is 57.1 Å². The van der Waals surface area contributed by atoms with Crippen molar-refractivity contribution in [2.45, 2.75) is 53.0 Å². The number of aromatic nitrogens is 1. The van der Waals surface area contributed by atoms with Gasteiger partial charge >= 0.3 is 0 Å². The smallest absolute Gasteiger partial charge is 0.0427 e. The number of rotatable bonds is 2. The third kappa shape index (κ3) is 2.26. The van der Waals surface area contributed by atoms with Crippen molar-refractivity contribution in [1.82, 2.24) is 4.68 Å². The van der Waals surface area contributed by atoms with Crippen LogP contribution in [0.4, 0.5) is 0 Å². The Morgan fingerprint density at radius 2 is 1.69 bits per heavy atom. The van der Waals surface area contributed by atoms with E-state index in [9.17, 15) is 0 Å². The van der Waals surface area contributed by atoms with Crippen LogP contribution in [0.5, 0.6) is 0 Å². The summed E-state index contributed by atoms with van der Waals surface area (Å²) >= 11 is 0. The van der Waals surface area contributed by atoms with Crippen molar-refractivity contribution in [3.63, 3.8) is 0 Å². The summed E-state index contributed by atoms with van der Waals surface area (Å²) in [5.41, 5.74) is 6.28. The van der Waals surface area contributed by atoms with Gasteiger partial charge in [-0.25, -0.2) is 0 Å². The zero-order valence-corrected chi connectivity index (χ0v) is 11.0. The minimum atomic E-state index is 0.649. The van der Waals surface area contributed by atoms with Crippen LogP contribution in [0.15, 0.2) is 12.1 Å². The Bertz CT molecular complexity index is 334. The van der Waals surface area contributed by atoms with Crippen molar-refractivity contribution in [3.05, 3.63) is 23.5 Å². The minimum Gasteiger partial charge on any atom is -0.323 e. The fraction of sp³-hybridized carbons (Fsp3) is 0.714. The summed E-state index contributed by atoms with van der Waals surface area (Å²) in [5.74, 6) is 1.74. The van der Waals surface area contributed by atoms with Gasteiger partial charge in [0.15, 0.2) is 0 Å². The summed E-state index contributed by atoms with van der Waals surface area (Å²) in [7, 11) is 0. The van der Waals surface area contributed by atoms with Crippen LogP contribution in [0.3, 0.4) is 0 Å². The van der Waals surface area contributed by atoms with Crippen molar-refractivity contribution in [1.29, 1.82) is 0 Å². The molecule has 1 saturated carbocycles. The van der Waals surface area contributed by atoms with Crippen LogP contribution in [-0.2, 0) is 0 Å². The van der Waals surface area contributed by atoms with Gasteiger partial charge in [0.05, 0.1) is 0 Å². The van der Waals surface area contributed by atoms with E-state index in [-0.39, 0.29) is 0 Å². The van der Waals surface area contributed by atoms with E-state index in [1.54, 1.807) is 0 Å². The summed E-state index contributed by atoms with van der Waals surface area (Å²) < 4.78 is 2.24. The highest BCUT2D eigenvalue weighted by molar-refractivity contribution is 5.16. The quantitative estimate of drug-likeness (QED) is 0.807. The minimum absolute atomic E-state index is 0.649. The molecule has 0 amide bonds. The zero-order chi connectivity index (χ0) is 11.7. The monoisotopic (exact) mass is 220 g/mol. The molecule has 0 aliphatic heterocycles. The van der Waals surface area contributed by atoms with E-state index in [1.807, 2.05) is 0 Å². The van der Waals surface area contributed by atoms with Crippen LogP contribution in [-0.4, -0.2) is 10.7 Å². The Labute approximate surface area is 99.0 Å². The van der Waals surface area contributed by atoms with Crippen LogP contribution >= 0.6 is 0 Å². The van der Waals surface area contributed by atoms with Gasteiger partial charge in [0, 0.05) is 17.4 Å². The van der Waals surface area contributed by atoms with Crippen molar-refractivity contribution < 1.29 is 0 Å². The first-order valence-electron chi connectivity index (χ1n) is 6.49. The Kier molecular flexibility index (Phi) is 3.27. The lowest BCUT2D eigenvalue weighted by molar-refractivity contribution is 0.253. The second kappa shape index (κ2) is 4.52. The second-order valence-corrected chi connectivity index (χ2v) is 5.55. The normalized spacial score (nSPS) is 30.4. The summed E-state index contributed by atoms with van der Waals surface area (Å²) in [6, 6.07) is 5.00. The Balaban J connectivity index is 2.00. The Hall–Kier alpha value is -0.920. The lowest BCUT2D eigenvalue weighted by Crippen LogP contribution is -2.35. The molecule has 1 N–H and O–H groups in total. The lowest BCUT2D eigenvalue weighted by Gasteiger charge is -2.33. The van der Waals surface area contributed by atoms with E-state index in [2.05, 4.69) is 49.9 Å². The van der Waals surface area contributed by atoms with Crippen molar-refractivity contribution in [2.75, 3.05) is 5.43 Å². The number of aryl methyl sites for hydroxylation is 2. The molecule has 2 rings (SSSR count). The van der Waals surface area contributed by atoms with Crippen LogP contribution in [0.25, 0.3) is 0 Å². The molecular formula is C14H24N2. The van der Waals surface area contributed by atoms with Gasteiger partial charge in [-0.2, -0.15) is 0 Å². The van der Waals surface area contributed by atoms with Crippen LogP contribution in [0, 0.1) is 25.7 Å². The van der Waals surface area contributed by atoms with Gasteiger partial charge < -0.3 is 5.43 Å².